The van der Waals surface area contributed by atoms with Gasteiger partial charge in [0.2, 0.25) is 5.91 Å². The molecule has 0 aliphatic heterocycles. The molecule has 0 fully saturated rings. The number of fused-ring (bicyclic) bond motifs is 1. The Morgan fingerprint density at radius 3 is 2.68 bits per heavy atom. The standard InChI is InChI=1S/C20H24N2O3/c21-15(11-13-5-8-16(23)9-6-13)7-10-19(25)22-20-17-4-2-1-3-14(17)12-18(20)24/h1-6,8-9,15,18,20,23-24H,7,10-12,21H2,(H,22,25)/t15-,18+,20-/m1/s1. The lowest BCUT2D eigenvalue weighted by Gasteiger charge is -2.19. The smallest absolute Gasteiger partial charge is 0.220 e. The Morgan fingerprint density at radius 2 is 1.92 bits per heavy atom. The van der Waals surface area contributed by atoms with E-state index in [4.69, 9.17) is 5.73 Å². The number of hydrogen-bond acceptors (Lipinski definition) is 4. The first-order valence-corrected chi connectivity index (χ1v) is 8.61. The van der Waals surface area contributed by atoms with Gasteiger partial charge in [-0.2, -0.15) is 0 Å². The van der Waals surface area contributed by atoms with Gasteiger partial charge in [0.1, 0.15) is 5.75 Å². The maximum atomic E-state index is 12.2. The highest BCUT2D eigenvalue weighted by atomic mass is 16.3. The highest BCUT2D eigenvalue weighted by Crippen LogP contribution is 2.31. The zero-order valence-corrected chi connectivity index (χ0v) is 14.1. The Kier molecular flexibility index (Phi) is 5.36. The van der Waals surface area contributed by atoms with Crippen LogP contribution in [0.1, 0.15) is 35.6 Å². The van der Waals surface area contributed by atoms with Crippen molar-refractivity contribution in [2.45, 2.75) is 43.9 Å². The van der Waals surface area contributed by atoms with E-state index in [1.165, 1.54) is 0 Å². The zero-order chi connectivity index (χ0) is 17.8. The molecule has 0 aromatic heterocycles. The Balaban J connectivity index is 1.49. The minimum absolute atomic E-state index is 0.0955. The number of amides is 1. The quantitative estimate of drug-likeness (QED) is 0.645. The second-order valence-corrected chi connectivity index (χ2v) is 6.68. The van der Waals surface area contributed by atoms with Crippen LogP contribution in [-0.2, 0) is 17.6 Å². The molecule has 0 saturated heterocycles. The molecule has 0 heterocycles. The van der Waals surface area contributed by atoms with Crippen molar-refractivity contribution in [2.75, 3.05) is 0 Å². The van der Waals surface area contributed by atoms with Crippen molar-refractivity contribution in [3.05, 3.63) is 65.2 Å². The molecule has 3 rings (SSSR count). The number of aliphatic hydroxyl groups excluding tert-OH is 1. The van der Waals surface area contributed by atoms with Gasteiger partial charge in [0.15, 0.2) is 0 Å². The number of carbonyl (C=O) groups excluding carboxylic acids is 1. The van der Waals surface area contributed by atoms with E-state index >= 15 is 0 Å². The molecule has 5 N–H and O–H groups in total. The van der Waals surface area contributed by atoms with Crippen molar-refractivity contribution in [1.82, 2.24) is 5.32 Å². The monoisotopic (exact) mass is 340 g/mol. The second-order valence-electron chi connectivity index (χ2n) is 6.68. The van der Waals surface area contributed by atoms with Crippen molar-refractivity contribution in [3.8, 4) is 5.75 Å². The van der Waals surface area contributed by atoms with E-state index < -0.39 is 6.10 Å². The van der Waals surface area contributed by atoms with Crippen molar-refractivity contribution in [1.29, 1.82) is 0 Å². The topological polar surface area (TPSA) is 95.6 Å². The van der Waals surface area contributed by atoms with Crippen LogP contribution in [0.3, 0.4) is 0 Å². The SMILES string of the molecule is N[C@H](CCC(=O)N[C@@H]1c2ccccc2C[C@@H]1O)Cc1ccc(O)cc1. The maximum Gasteiger partial charge on any atom is 0.220 e. The lowest BCUT2D eigenvalue weighted by atomic mass is 10.0. The Bertz CT molecular complexity index is 730. The summed E-state index contributed by atoms with van der Waals surface area (Å²) in [5.74, 6) is 0.133. The van der Waals surface area contributed by atoms with Crippen LogP contribution in [0.25, 0.3) is 0 Å². The highest BCUT2D eigenvalue weighted by molar-refractivity contribution is 5.76. The first-order chi connectivity index (χ1) is 12.0. The molecule has 0 bridgehead atoms. The normalized spacial score (nSPS) is 20.1. The third-order valence-electron chi connectivity index (χ3n) is 4.70. The number of benzene rings is 2. The number of aromatic hydroxyl groups is 1. The zero-order valence-electron chi connectivity index (χ0n) is 14.1. The number of nitrogens with two attached hydrogens (primary N) is 1. The van der Waals surface area contributed by atoms with Crippen LogP contribution in [0.4, 0.5) is 0 Å². The summed E-state index contributed by atoms with van der Waals surface area (Å²) in [7, 11) is 0. The van der Waals surface area contributed by atoms with E-state index in [-0.39, 0.29) is 23.7 Å². The number of phenolic OH excluding ortho intramolecular Hbond substituents is 1. The molecule has 5 heteroatoms. The van der Waals surface area contributed by atoms with E-state index in [0.717, 1.165) is 16.7 Å². The molecule has 3 atom stereocenters. The molecular formula is C20H24N2O3. The van der Waals surface area contributed by atoms with Crippen molar-refractivity contribution >= 4 is 5.91 Å². The summed E-state index contributed by atoms with van der Waals surface area (Å²) >= 11 is 0. The molecule has 132 valence electrons. The fraction of sp³-hybridized carbons (Fsp3) is 0.350. The molecule has 0 unspecified atom stereocenters. The van der Waals surface area contributed by atoms with Crippen LogP contribution in [0.2, 0.25) is 0 Å². The predicted octanol–water partition coefficient (Wildman–Crippen LogP) is 1.82. The van der Waals surface area contributed by atoms with Crippen LogP contribution < -0.4 is 11.1 Å². The number of rotatable bonds is 6. The van der Waals surface area contributed by atoms with Crippen LogP contribution in [-0.4, -0.2) is 28.3 Å². The van der Waals surface area contributed by atoms with E-state index in [1.807, 2.05) is 36.4 Å². The van der Waals surface area contributed by atoms with Crippen LogP contribution in [0.15, 0.2) is 48.5 Å². The minimum Gasteiger partial charge on any atom is -0.508 e. The van der Waals surface area contributed by atoms with Gasteiger partial charge in [-0.25, -0.2) is 0 Å². The molecule has 0 radical (unpaired) electrons. The van der Waals surface area contributed by atoms with Crippen molar-refractivity contribution < 1.29 is 15.0 Å². The fourth-order valence-electron chi connectivity index (χ4n) is 3.35. The summed E-state index contributed by atoms with van der Waals surface area (Å²) in [5.41, 5.74) is 9.23. The number of nitrogens with one attached hydrogen (secondary N) is 1. The Morgan fingerprint density at radius 1 is 1.20 bits per heavy atom. The van der Waals surface area contributed by atoms with Crippen LogP contribution in [0, 0.1) is 0 Å². The summed E-state index contributed by atoms with van der Waals surface area (Å²) in [6.07, 6.45) is 1.54. The van der Waals surface area contributed by atoms with Gasteiger partial charge in [0.25, 0.3) is 0 Å². The molecule has 2 aromatic rings. The summed E-state index contributed by atoms with van der Waals surface area (Å²) in [6, 6.07) is 14.3. The van der Waals surface area contributed by atoms with Crippen LogP contribution in [0.5, 0.6) is 5.75 Å². The lowest BCUT2D eigenvalue weighted by molar-refractivity contribution is -0.122. The average molecular weight is 340 g/mol. The molecule has 1 aliphatic carbocycles. The molecule has 25 heavy (non-hydrogen) atoms. The lowest BCUT2D eigenvalue weighted by Crippen LogP contribution is -2.35. The van der Waals surface area contributed by atoms with Gasteiger partial charge in [0, 0.05) is 18.9 Å². The fourth-order valence-corrected chi connectivity index (χ4v) is 3.35. The Hall–Kier alpha value is -2.37. The van der Waals surface area contributed by atoms with E-state index in [1.54, 1.807) is 12.1 Å². The Labute approximate surface area is 147 Å². The summed E-state index contributed by atoms with van der Waals surface area (Å²) in [5, 5.41) is 22.4. The number of phenols is 1. The van der Waals surface area contributed by atoms with Gasteiger partial charge in [0.05, 0.1) is 12.1 Å². The summed E-state index contributed by atoms with van der Waals surface area (Å²) in [4.78, 5) is 12.2. The average Bonchev–Trinajstić information content (AvgIpc) is 2.91. The molecule has 2 aromatic carbocycles. The van der Waals surface area contributed by atoms with Gasteiger partial charge in [-0.05, 0) is 41.7 Å². The minimum atomic E-state index is -0.577. The third-order valence-corrected chi connectivity index (χ3v) is 4.70. The first kappa shape index (κ1) is 17.5. The van der Waals surface area contributed by atoms with E-state index in [9.17, 15) is 15.0 Å². The van der Waals surface area contributed by atoms with Crippen molar-refractivity contribution in [2.24, 2.45) is 5.73 Å². The summed E-state index contributed by atoms with van der Waals surface area (Å²) < 4.78 is 0. The largest absolute Gasteiger partial charge is 0.508 e. The van der Waals surface area contributed by atoms with E-state index in [2.05, 4.69) is 5.32 Å². The molecule has 0 spiro atoms. The predicted molar refractivity (Wildman–Crippen MR) is 96.1 cm³/mol. The molecule has 5 nitrogen and oxygen atoms in total. The third kappa shape index (κ3) is 4.38. The van der Waals surface area contributed by atoms with Crippen molar-refractivity contribution in [3.63, 3.8) is 0 Å². The first-order valence-electron chi connectivity index (χ1n) is 8.61. The maximum absolute atomic E-state index is 12.2. The summed E-state index contributed by atoms with van der Waals surface area (Å²) in [6.45, 7) is 0. The number of carbonyl (C=O) groups is 1. The van der Waals surface area contributed by atoms with Gasteiger partial charge < -0.3 is 21.3 Å². The van der Waals surface area contributed by atoms with Gasteiger partial charge in [-0.1, -0.05) is 36.4 Å². The second kappa shape index (κ2) is 7.68. The highest BCUT2D eigenvalue weighted by Gasteiger charge is 2.31. The van der Waals surface area contributed by atoms with Gasteiger partial charge in [-0.15, -0.1) is 0 Å². The number of aliphatic hydroxyl groups is 1. The van der Waals surface area contributed by atoms with Gasteiger partial charge >= 0.3 is 0 Å². The molecular weight excluding hydrogens is 316 g/mol. The van der Waals surface area contributed by atoms with E-state index in [0.29, 0.717) is 25.7 Å². The number of hydrogen-bond donors (Lipinski definition) is 4. The molecule has 1 aliphatic rings. The molecule has 0 saturated carbocycles. The van der Waals surface area contributed by atoms with Crippen LogP contribution >= 0.6 is 0 Å². The van der Waals surface area contributed by atoms with Gasteiger partial charge in [-0.3, -0.25) is 4.79 Å². The molecule has 1 amide bonds.